The zero-order valence-corrected chi connectivity index (χ0v) is 10.7. The fourth-order valence-electron chi connectivity index (χ4n) is 1.82. The van der Waals surface area contributed by atoms with Gasteiger partial charge in [0, 0.05) is 23.6 Å². The predicted octanol–water partition coefficient (Wildman–Crippen LogP) is 3.17. The molecule has 19 heavy (non-hydrogen) atoms. The normalized spacial score (nSPS) is 10.6. The summed E-state index contributed by atoms with van der Waals surface area (Å²) < 4.78 is 1.70. The van der Waals surface area contributed by atoms with E-state index in [1.165, 1.54) is 0 Å². The molecule has 0 saturated heterocycles. The molecule has 0 fully saturated rings. The number of nitrogens with two attached hydrogens (primary N) is 1. The maximum absolute atomic E-state index is 5.81. The van der Waals surface area contributed by atoms with Crippen LogP contribution in [-0.4, -0.2) is 14.8 Å². The molecule has 3 rings (SSSR count). The molecule has 0 aliphatic heterocycles. The molecular weight excluding hydrogens is 260 g/mol. The van der Waals surface area contributed by atoms with Crippen LogP contribution >= 0.6 is 11.6 Å². The van der Waals surface area contributed by atoms with E-state index in [0.717, 1.165) is 22.6 Å². The molecule has 4 nitrogen and oxygen atoms in total. The minimum absolute atomic E-state index is 0.604. The third-order valence-electron chi connectivity index (χ3n) is 2.75. The average molecular weight is 271 g/mol. The first-order valence-electron chi connectivity index (χ1n) is 5.75. The van der Waals surface area contributed by atoms with E-state index in [1.807, 2.05) is 36.5 Å². The molecule has 0 bridgehead atoms. The van der Waals surface area contributed by atoms with Gasteiger partial charge in [0.05, 0.1) is 11.2 Å². The highest BCUT2D eigenvalue weighted by atomic mass is 35.5. The Balaban J connectivity index is 1.97. The second-order valence-electron chi connectivity index (χ2n) is 4.13. The Labute approximate surface area is 115 Å². The van der Waals surface area contributed by atoms with E-state index in [9.17, 15) is 0 Å². The summed E-state index contributed by atoms with van der Waals surface area (Å²) in [6, 6.07) is 11.3. The van der Waals surface area contributed by atoms with Crippen LogP contribution in [0.15, 0.2) is 55.0 Å². The van der Waals surface area contributed by atoms with Crippen molar-refractivity contribution in [3.63, 3.8) is 0 Å². The third kappa shape index (κ3) is 2.44. The van der Waals surface area contributed by atoms with Crippen molar-refractivity contribution in [3.8, 4) is 16.9 Å². The van der Waals surface area contributed by atoms with Crippen molar-refractivity contribution in [2.75, 3.05) is 5.73 Å². The molecule has 0 unspecified atom stereocenters. The van der Waals surface area contributed by atoms with E-state index in [0.29, 0.717) is 5.02 Å². The molecule has 0 radical (unpaired) electrons. The van der Waals surface area contributed by atoms with Gasteiger partial charge in [0.1, 0.15) is 0 Å². The quantitative estimate of drug-likeness (QED) is 0.728. The topological polar surface area (TPSA) is 56.7 Å². The largest absolute Gasteiger partial charge is 0.399 e. The zero-order chi connectivity index (χ0) is 13.2. The smallest absolute Gasteiger partial charge is 0.153 e. The van der Waals surface area contributed by atoms with Gasteiger partial charge in [-0.2, -0.15) is 5.10 Å². The fraction of sp³-hybridized carbons (Fsp3) is 0. The van der Waals surface area contributed by atoms with E-state index in [4.69, 9.17) is 17.3 Å². The van der Waals surface area contributed by atoms with Crippen LogP contribution in [0.4, 0.5) is 5.69 Å². The number of pyridine rings is 1. The molecule has 2 heterocycles. The summed E-state index contributed by atoms with van der Waals surface area (Å²) in [5.74, 6) is 0.722. The second kappa shape index (κ2) is 4.74. The van der Waals surface area contributed by atoms with Crippen LogP contribution in [0.3, 0.4) is 0 Å². The van der Waals surface area contributed by atoms with Gasteiger partial charge in [0.15, 0.2) is 5.82 Å². The lowest BCUT2D eigenvalue weighted by atomic mass is 10.1. The lowest BCUT2D eigenvalue weighted by Gasteiger charge is -2.00. The number of aromatic nitrogens is 3. The number of hydrogen-bond acceptors (Lipinski definition) is 3. The Morgan fingerprint density at radius 1 is 1.05 bits per heavy atom. The van der Waals surface area contributed by atoms with Gasteiger partial charge in [-0.1, -0.05) is 23.7 Å². The van der Waals surface area contributed by atoms with Crippen molar-refractivity contribution in [2.24, 2.45) is 0 Å². The minimum atomic E-state index is 0.604. The lowest BCUT2D eigenvalue weighted by Crippen LogP contribution is -1.96. The number of anilines is 1. The molecule has 0 amide bonds. The summed E-state index contributed by atoms with van der Waals surface area (Å²) >= 11 is 5.81. The van der Waals surface area contributed by atoms with Crippen molar-refractivity contribution in [1.82, 2.24) is 14.8 Å². The summed E-state index contributed by atoms with van der Waals surface area (Å²) in [5, 5.41) is 4.90. The molecule has 0 spiro atoms. The average Bonchev–Trinajstić information content (AvgIpc) is 2.89. The number of hydrogen-bond donors (Lipinski definition) is 1. The zero-order valence-electron chi connectivity index (χ0n) is 9.99. The van der Waals surface area contributed by atoms with Crippen LogP contribution in [0.1, 0.15) is 0 Å². The number of nitrogen functional groups attached to an aromatic ring is 1. The Morgan fingerprint density at radius 3 is 2.68 bits per heavy atom. The Hall–Kier alpha value is -2.33. The van der Waals surface area contributed by atoms with Crippen LogP contribution in [0.5, 0.6) is 0 Å². The standard InChI is InChI=1S/C14H11ClN4/c15-12-4-5-14(17-8-12)19-9-11(7-18-19)10-2-1-3-13(16)6-10/h1-9H,16H2. The molecule has 0 atom stereocenters. The first kappa shape index (κ1) is 11.7. The van der Waals surface area contributed by atoms with E-state index in [-0.39, 0.29) is 0 Å². The van der Waals surface area contributed by atoms with E-state index in [1.54, 1.807) is 23.1 Å². The maximum Gasteiger partial charge on any atom is 0.153 e. The third-order valence-corrected chi connectivity index (χ3v) is 2.97. The molecule has 1 aromatic carbocycles. The monoisotopic (exact) mass is 270 g/mol. The Morgan fingerprint density at radius 2 is 1.95 bits per heavy atom. The van der Waals surface area contributed by atoms with Gasteiger partial charge in [0.2, 0.25) is 0 Å². The molecular formula is C14H11ClN4. The summed E-state index contributed by atoms with van der Waals surface area (Å²) in [5.41, 5.74) is 8.53. The molecule has 2 aromatic heterocycles. The van der Waals surface area contributed by atoms with Crippen LogP contribution in [0.2, 0.25) is 5.02 Å². The van der Waals surface area contributed by atoms with Crippen molar-refractivity contribution < 1.29 is 0 Å². The minimum Gasteiger partial charge on any atom is -0.399 e. The van der Waals surface area contributed by atoms with Crippen LogP contribution in [0.25, 0.3) is 16.9 Å². The number of benzene rings is 1. The predicted molar refractivity (Wildman–Crippen MR) is 76.2 cm³/mol. The highest BCUT2D eigenvalue weighted by molar-refractivity contribution is 6.30. The fourth-order valence-corrected chi connectivity index (χ4v) is 1.93. The van der Waals surface area contributed by atoms with Crippen LogP contribution in [0, 0.1) is 0 Å². The van der Waals surface area contributed by atoms with E-state index < -0.39 is 0 Å². The lowest BCUT2D eigenvalue weighted by molar-refractivity contribution is 0.847. The molecule has 0 aliphatic rings. The van der Waals surface area contributed by atoms with E-state index >= 15 is 0 Å². The van der Waals surface area contributed by atoms with Gasteiger partial charge in [-0.15, -0.1) is 0 Å². The summed E-state index contributed by atoms with van der Waals surface area (Å²) in [6.07, 6.45) is 5.29. The molecule has 3 aromatic rings. The van der Waals surface area contributed by atoms with Gasteiger partial charge in [-0.05, 0) is 29.8 Å². The number of halogens is 1. The van der Waals surface area contributed by atoms with Gasteiger partial charge in [-0.3, -0.25) is 0 Å². The summed E-state index contributed by atoms with van der Waals surface area (Å²) in [6.45, 7) is 0. The maximum atomic E-state index is 5.81. The molecule has 94 valence electrons. The second-order valence-corrected chi connectivity index (χ2v) is 4.57. The summed E-state index contributed by atoms with van der Waals surface area (Å²) in [4.78, 5) is 4.22. The van der Waals surface area contributed by atoms with Crippen LogP contribution < -0.4 is 5.73 Å². The van der Waals surface area contributed by atoms with Gasteiger partial charge >= 0.3 is 0 Å². The highest BCUT2D eigenvalue weighted by Crippen LogP contribution is 2.21. The molecule has 0 aliphatic carbocycles. The van der Waals surface area contributed by atoms with Crippen molar-refractivity contribution in [2.45, 2.75) is 0 Å². The Kier molecular flexibility index (Phi) is 2.93. The number of nitrogens with zero attached hydrogens (tertiary/aromatic N) is 3. The van der Waals surface area contributed by atoms with Crippen molar-refractivity contribution in [3.05, 3.63) is 60.0 Å². The van der Waals surface area contributed by atoms with Gasteiger partial charge in [-0.25, -0.2) is 9.67 Å². The summed E-state index contributed by atoms with van der Waals surface area (Å²) in [7, 11) is 0. The Bertz CT molecular complexity index is 703. The molecule has 0 saturated carbocycles. The van der Waals surface area contributed by atoms with Gasteiger partial charge in [0.25, 0.3) is 0 Å². The number of rotatable bonds is 2. The highest BCUT2D eigenvalue weighted by Gasteiger charge is 2.04. The van der Waals surface area contributed by atoms with E-state index in [2.05, 4.69) is 10.1 Å². The molecule has 5 heteroatoms. The van der Waals surface area contributed by atoms with Crippen molar-refractivity contribution in [1.29, 1.82) is 0 Å². The SMILES string of the molecule is Nc1cccc(-c2cnn(-c3ccc(Cl)cn3)c2)c1. The van der Waals surface area contributed by atoms with Crippen molar-refractivity contribution >= 4 is 17.3 Å². The molecule has 2 N–H and O–H groups in total. The first-order valence-corrected chi connectivity index (χ1v) is 6.13. The first-order chi connectivity index (χ1) is 9.22. The van der Waals surface area contributed by atoms with Gasteiger partial charge < -0.3 is 5.73 Å². The van der Waals surface area contributed by atoms with Crippen LogP contribution in [-0.2, 0) is 0 Å².